The van der Waals surface area contributed by atoms with E-state index in [2.05, 4.69) is 0 Å². The first-order valence-corrected chi connectivity index (χ1v) is 5.41. The van der Waals surface area contributed by atoms with E-state index >= 15 is 0 Å². The Morgan fingerprint density at radius 1 is 1.18 bits per heavy atom. The number of carboxylic acid groups (broad SMARTS) is 1. The third kappa shape index (κ3) is 5.56. The molecule has 1 aromatic carbocycles. The second-order valence-electron chi connectivity index (χ2n) is 3.83. The van der Waals surface area contributed by atoms with Crippen molar-refractivity contribution in [2.75, 3.05) is 0 Å². The fourth-order valence-electron chi connectivity index (χ4n) is 1.16. The molecule has 17 heavy (non-hydrogen) atoms. The van der Waals surface area contributed by atoms with Crippen molar-refractivity contribution < 1.29 is 14.6 Å². The van der Waals surface area contributed by atoms with Crippen LogP contribution in [-0.4, -0.2) is 17.2 Å². The second-order valence-corrected chi connectivity index (χ2v) is 3.83. The van der Waals surface area contributed by atoms with E-state index in [0.717, 1.165) is 17.2 Å². The molecule has 3 nitrogen and oxygen atoms in total. The number of carbonyl (C=O) groups is 1. The van der Waals surface area contributed by atoms with Crippen molar-refractivity contribution in [3.05, 3.63) is 47.7 Å². The topological polar surface area (TPSA) is 46.5 Å². The summed E-state index contributed by atoms with van der Waals surface area (Å²) in [5.74, 6) is -0.945. The summed E-state index contributed by atoms with van der Waals surface area (Å²) in [5, 5.41) is 8.48. The number of benzene rings is 1. The van der Waals surface area contributed by atoms with E-state index in [9.17, 15) is 4.79 Å². The van der Waals surface area contributed by atoms with E-state index in [1.54, 1.807) is 12.3 Å². The van der Waals surface area contributed by atoms with Gasteiger partial charge in [-0.15, -0.1) is 0 Å². The van der Waals surface area contributed by atoms with E-state index in [-0.39, 0.29) is 6.10 Å². The van der Waals surface area contributed by atoms with Gasteiger partial charge in [0.25, 0.3) is 0 Å². The van der Waals surface area contributed by atoms with Gasteiger partial charge in [0.2, 0.25) is 0 Å². The maximum atomic E-state index is 10.3. The summed E-state index contributed by atoms with van der Waals surface area (Å²) in [6, 6.07) is 7.52. The summed E-state index contributed by atoms with van der Waals surface area (Å²) in [6.45, 7) is 3.92. The highest BCUT2D eigenvalue weighted by Crippen LogP contribution is 2.08. The maximum absolute atomic E-state index is 10.3. The minimum atomic E-state index is -0.945. The molecule has 0 unspecified atom stereocenters. The van der Waals surface area contributed by atoms with Crippen molar-refractivity contribution in [3.8, 4) is 0 Å². The number of hydrogen-bond donors (Lipinski definition) is 1. The molecule has 0 bridgehead atoms. The van der Waals surface area contributed by atoms with Gasteiger partial charge in [-0.2, -0.15) is 0 Å². The van der Waals surface area contributed by atoms with E-state index < -0.39 is 5.97 Å². The molecule has 0 heterocycles. The Hall–Kier alpha value is -2.03. The first-order chi connectivity index (χ1) is 8.08. The first kappa shape index (κ1) is 13.0. The normalized spacial score (nSPS) is 11.5. The van der Waals surface area contributed by atoms with Gasteiger partial charge in [-0.05, 0) is 37.1 Å². The van der Waals surface area contributed by atoms with Crippen molar-refractivity contribution in [2.45, 2.75) is 20.0 Å². The van der Waals surface area contributed by atoms with Crippen molar-refractivity contribution in [1.29, 1.82) is 0 Å². The van der Waals surface area contributed by atoms with Gasteiger partial charge >= 0.3 is 5.97 Å². The summed E-state index contributed by atoms with van der Waals surface area (Å²) in [4.78, 5) is 10.3. The number of aliphatic carboxylic acids is 1. The van der Waals surface area contributed by atoms with Gasteiger partial charge < -0.3 is 9.84 Å². The molecule has 0 amide bonds. The maximum Gasteiger partial charge on any atom is 0.328 e. The Bertz CT molecular complexity index is 414. The first-order valence-electron chi connectivity index (χ1n) is 5.41. The SMILES string of the molecule is CC(C)OC=Cc1ccc(C=CC(=O)O)cc1. The number of hydrogen-bond acceptors (Lipinski definition) is 2. The van der Waals surface area contributed by atoms with Crippen LogP contribution in [0.1, 0.15) is 25.0 Å². The zero-order valence-electron chi connectivity index (χ0n) is 9.96. The summed E-state index contributed by atoms with van der Waals surface area (Å²) in [6.07, 6.45) is 6.37. The van der Waals surface area contributed by atoms with Crippen LogP contribution in [0.15, 0.2) is 36.6 Å². The zero-order valence-corrected chi connectivity index (χ0v) is 9.96. The Morgan fingerprint density at radius 2 is 1.71 bits per heavy atom. The number of rotatable bonds is 5. The molecule has 1 rings (SSSR count). The van der Waals surface area contributed by atoms with Gasteiger partial charge in [-0.3, -0.25) is 0 Å². The fourth-order valence-corrected chi connectivity index (χ4v) is 1.16. The molecular formula is C14H16O3. The second kappa shape index (κ2) is 6.53. The predicted molar refractivity (Wildman–Crippen MR) is 68.4 cm³/mol. The van der Waals surface area contributed by atoms with E-state index in [4.69, 9.17) is 9.84 Å². The standard InChI is InChI=1S/C14H16O3/c1-11(2)17-10-9-13-5-3-12(4-6-13)7-8-14(15)16/h3-11H,1-2H3,(H,15,16). The highest BCUT2D eigenvalue weighted by atomic mass is 16.5. The van der Waals surface area contributed by atoms with Gasteiger partial charge in [0.05, 0.1) is 12.4 Å². The Kier molecular flexibility index (Phi) is 5.01. The molecule has 0 saturated heterocycles. The van der Waals surface area contributed by atoms with Crippen LogP contribution in [0.4, 0.5) is 0 Å². The molecule has 0 atom stereocenters. The minimum Gasteiger partial charge on any atom is -0.499 e. The molecule has 0 fully saturated rings. The average molecular weight is 232 g/mol. The Labute approximate surface area is 101 Å². The fraction of sp³-hybridized carbons (Fsp3) is 0.214. The summed E-state index contributed by atoms with van der Waals surface area (Å²) < 4.78 is 5.28. The molecule has 0 aliphatic heterocycles. The predicted octanol–water partition coefficient (Wildman–Crippen LogP) is 3.18. The Morgan fingerprint density at radius 3 is 2.18 bits per heavy atom. The van der Waals surface area contributed by atoms with E-state index in [1.807, 2.05) is 44.2 Å². The van der Waals surface area contributed by atoms with Crippen molar-refractivity contribution in [3.63, 3.8) is 0 Å². The minimum absolute atomic E-state index is 0.170. The molecule has 3 heteroatoms. The van der Waals surface area contributed by atoms with Crippen LogP contribution in [0.25, 0.3) is 12.2 Å². The molecular weight excluding hydrogens is 216 g/mol. The highest BCUT2D eigenvalue weighted by Gasteiger charge is 1.91. The molecule has 0 aromatic heterocycles. The van der Waals surface area contributed by atoms with Crippen LogP contribution >= 0.6 is 0 Å². The van der Waals surface area contributed by atoms with Crippen LogP contribution < -0.4 is 0 Å². The van der Waals surface area contributed by atoms with Gasteiger partial charge in [0, 0.05) is 6.08 Å². The van der Waals surface area contributed by atoms with Crippen molar-refractivity contribution in [2.24, 2.45) is 0 Å². The average Bonchev–Trinajstić information content (AvgIpc) is 2.27. The lowest BCUT2D eigenvalue weighted by Crippen LogP contribution is -1.94. The van der Waals surface area contributed by atoms with Gasteiger partial charge in [-0.25, -0.2) is 4.79 Å². The van der Waals surface area contributed by atoms with Crippen LogP contribution in [0.3, 0.4) is 0 Å². The third-order valence-corrected chi connectivity index (χ3v) is 1.97. The molecule has 0 saturated carbocycles. The van der Waals surface area contributed by atoms with E-state index in [1.165, 1.54) is 0 Å². The highest BCUT2D eigenvalue weighted by molar-refractivity contribution is 5.85. The lowest BCUT2D eigenvalue weighted by molar-refractivity contribution is -0.131. The zero-order chi connectivity index (χ0) is 12.7. The largest absolute Gasteiger partial charge is 0.499 e. The molecule has 0 aliphatic rings. The molecule has 1 aromatic rings. The quantitative estimate of drug-likeness (QED) is 0.626. The van der Waals surface area contributed by atoms with Crippen LogP contribution in [-0.2, 0) is 9.53 Å². The molecule has 90 valence electrons. The Balaban J connectivity index is 2.62. The lowest BCUT2D eigenvalue weighted by Gasteiger charge is -2.02. The van der Waals surface area contributed by atoms with Crippen molar-refractivity contribution >= 4 is 18.1 Å². The van der Waals surface area contributed by atoms with Crippen molar-refractivity contribution in [1.82, 2.24) is 0 Å². The summed E-state index contributed by atoms with van der Waals surface area (Å²) >= 11 is 0. The molecule has 0 aliphatic carbocycles. The van der Waals surface area contributed by atoms with Gasteiger partial charge in [0.15, 0.2) is 0 Å². The third-order valence-electron chi connectivity index (χ3n) is 1.97. The monoisotopic (exact) mass is 232 g/mol. The summed E-state index contributed by atoms with van der Waals surface area (Å²) in [7, 11) is 0. The van der Waals surface area contributed by atoms with Gasteiger partial charge in [0.1, 0.15) is 0 Å². The molecule has 1 N–H and O–H groups in total. The van der Waals surface area contributed by atoms with Crippen LogP contribution in [0, 0.1) is 0 Å². The number of ether oxygens (including phenoxy) is 1. The smallest absolute Gasteiger partial charge is 0.328 e. The molecule has 0 radical (unpaired) electrons. The van der Waals surface area contributed by atoms with E-state index in [0.29, 0.717) is 0 Å². The van der Waals surface area contributed by atoms with Crippen LogP contribution in [0.5, 0.6) is 0 Å². The molecule has 0 spiro atoms. The lowest BCUT2D eigenvalue weighted by atomic mass is 10.1. The summed E-state index contributed by atoms with van der Waals surface area (Å²) in [5.41, 5.74) is 1.87. The van der Waals surface area contributed by atoms with Gasteiger partial charge in [-0.1, -0.05) is 24.3 Å². The van der Waals surface area contributed by atoms with Crippen LogP contribution in [0.2, 0.25) is 0 Å². The number of carboxylic acids is 1.